The highest BCUT2D eigenvalue weighted by atomic mass is 16.3. The van der Waals surface area contributed by atoms with Crippen LogP contribution in [0.15, 0.2) is 0 Å². The largest absolute Gasteiger partial charge is 0.391 e. The minimum Gasteiger partial charge on any atom is -0.391 e. The maximum Gasteiger partial charge on any atom is 0.0858 e. The summed E-state index contributed by atoms with van der Waals surface area (Å²) in [6, 6.07) is 0.650. The summed E-state index contributed by atoms with van der Waals surface area (Å²) in [6.45, 7) is 11.7. The summed E-state index contributed by atoms with van der Waals surface area (Å²) in [4.78, 5) is 7.78. The van der Waals surface area contributed by atoms with Crippen molar-refractivity contribution >= 4 is 0 Å². The summed E-state index contributed by atoms with van der Waals surface area (Å²) >= 11 is 0. The number of aliphatic hydroxyl groups excluding tert-OH is 1. The smallest absolute Gasteiger partial charge is 0.0858 e. The van der Waals surface area contributed by atoms with E-state index in [-0.39, 0.29) is 16.9 Å². The zero-order valence-corrected chi connectivity index (χ0v) is 22.2. The Kier molecular flexibility index (Phi) is 6.17. The maximum absolute atomic E-state index is 12.5. The second kappa shape index (κ2) is 8.68. The minimum absolute atomic E-state index is 0.0362. The van der Waals surface area contributed by atoms with Gasteiger partial charge in [-0.2, -0.15) is 0 Å². The predicted octanol–water partition coefficient (Wildman–Crippen LogP) is 3.59. The van der Waals surface area contributed by atoms with Crippen LogP contribution in [0.1, 0.15) is 84.5 Å². The SMILES string of the molecule is CN1CCN([C@H]2C[C@H]3[C@@H]4C[C@@H](N5CCCCC5)[C@@]5(O)CCCC[C@]5(C)[C@H]4CC[C@]3(C)[C@H]2O)CC1. The number of piperazine rings is 1. The Morgan fingerprint density at radius 3 is 2.18 bits per heavy atom. The van der Waals surface area contributed by atoms with E-state index in [1.54, 1.807) is 0 Å². The molecule has 6 fully saturated rings. The van der Waals surface area contributed by atoms with Crippen LogP contribution in [-0.2, 0) is 0 Å². The second-order valence-electron chi connectivity index (χ2n) is 13.9. The van der Waals surface area contributed by atoms with Gasteiger partial charge in [-0.3, -0.25) is 9.80 Å². The van der Waals surface area contributed by atoms with Crippen LogP contribution in [0.5, 0.6) is 0 Å². The van der Waals surface area contributed by atoms with E-state index in [9.17, 15) is 10.2 Å². The summed E-state index contributed by atoms with van der Waals surface area (Å²) < 4.78 is 0. The van der Waals surface area contributed by atoms with E-state index in [1.807, 2.05) is 0 Å². The maximum atomic E-state index is 12.5. The van der Waals surface area contributed by atoms with E-state index in [2.05, 4.69) is 35.6 Å². The Bertz CT molecular complexity index is 750. The van der Waals surface area contributed by atoms with Crippen molar-refractivity contribution in [1.82, 2.24) is 14.7 Å². The van der Waals surface area contributed by atoms with Crippen molar-refractivity contribution in [2.24, 2.45) is 28.6 Å². The molecule has 0 bridgehead atoms. The van der Waals surface area contributed by atoms with Gasteiger partial charge in [0.1, 0.15) is 0 Å². The zero-order chi connectivity index (χ0) is 23.7. The quantitative estimate of drug-likeness (QED) is 0.642. The van der Waals surface area contributed by atoms with Gasteiger partial charge in [0.15, 0.2) is 0 Å². The van der Waals surface area contributed by atoms with E-state index >= 15 is 0 Å². The molecule has 6 aliphatic rings. The minimum atomic E-state index is -0.522. The van der Waals surface area contributed by atoms with Crippen molar-refractivity contribution in [1.29, 1.82) is 0 Å². The van der Waals surface area contributed by atoms with Gasteiger partial charge in [-0.05, 0) is 94.7 Å². The summed E-state index contributed by atoms with van der Waals surface area (Å²) in [6.07, 6.45) is 13.1. The van der Waals surface area contributed by atoms with Crippen LogP contribution < -0.4 is 0 Å². The number of rotatable bonds is 2. The van der Waals surface area contributed by atoms with Crippen molar-refractivity contribution in [3.05, 3.63) is 0 Å². The molecular weight excluding hydrogens is 422 g/mol. The van der Waals surface area contributed by atoms with Crippen LogP contribution in [0.2, 0.25) is 0 Å². The topological polar surface area (TPSA) is 50.2 Å². The molecule has 4 aliphatic carbocycles. The number of likely N-dealkylation sites (tertiary alicyclic amines) is 1. The van der Waals surface area contributed by atoms with Crippen molar-refractivity contribution in [2.75, 3.05) is 46.3 Å². The fourth-order valence-corrected chi connectivity index (χ4v) is 10.5. The standard InChI is InChI=1S/C29H51N3O2/c1-27-12-9-22-21(23(27)20-24(26(27)33)31-17-15-30(3)16-18-31)19-25(32-13-7-4-8-14-32)29(34)11-6-5-10-28(22,29)2/h21-26,33-34H,4-20H2,1-3H3/t21-,22+,23+,24+,25-,26+,27+,28-,29+/m1/s1. The third-order valence-corrected chi connectivity index (χ3v) is 12.6. The number of hydrogen-bond acceptors (Lipinski definition) is 5. The molecule has 5 heteroatoms. The lowest BCUT2D eigenvalue weighted by Gasteiger charge is -2.67. The van der Waals surface area contributed by atoms with E-state index in [4.69, 9.17) is 0 Å². The van der Waals surface area contributed by atoms with Crippen LogP contribution in [0, 0.1) is 28.6 Å². The first-order valence-corrected chi connectivity index (χ1v) is 14.8. The van der Waals surface area contributed by atoms with Crippen molar-refractivity contribution in [3.8, 4) is 0 Å². The van der Waals surface area contributed by atoms with Gasteiger partial charge < -0.3 is 15.1 Å². The molecule has 0 unspecified atom stereocenters. The first-order valence-electron chi connectivity index (χ1n) is 14.8. The molecule has 6 rings (SSSR count). The average molecular weight is 474 g/mol. The Morgan fingerprint density at radius 2 is 1.44 bits per heavy atom. The number of hydrogen-bond donors (Lipinski definition) is 2. The molecule has 2 saturated heterocycles. The van der Waals surface area contributed by atoms with Gasteiger partial charge in [0.05, 0.1) is 11.7 Å². The molecule has 34 heavy (non-hydrogen) atoms. The number of piperidine rings is 1. The molecule has 5 nitrogen and oxygen atoms in total. The molecule has 0 aromatic carbocycles. The fourth-order valence-electron chi connectivity index (χ4n) is 10.5. The van der Waals surface area contributed by atoms with E-state index in [0.717, 1.165) is 39.0 Å². The second-order valence-corrected chi connectivity index (χ2v) is 13.9. The summed E-state index contributed by atoms with van der Waals surface area (Å²) in [7, 11) is 2.23. The van der Waals surface area contributed by atoms with E-state index < -0.39 is 5.60 Å². The number of nitrogens with zero attached hydrogens (tertiary/aromatic N) is 3. The van der Waals surface area contributed by atoms with Crippen molar-refractivity contribution in [3.63, 3.8) is 0 Å². The molecule has 0 amide bonds. The average Bonchev–Trinajstić information content (AvgIpc) is 3.11. The van der Waals surface area contributed by atoms with Crippen molar-refractivity contribution in [2.45, 2.75) is 108 Å². The van der Waals surface area contributed by atoms with Crippen LogP contribution in [-0.4, -0.2) is 95.0 Å². The van der Waals surface area contributed by atoms with Gasteiger partial charge in [0, 0.05) is 43.7 Å². The van der Waals surface area contributed by atoms with Gasteiger partial charge in [0.25, 0.3) is 0 Å². The zero-order valence-electron chi connectivity index (χ0n) is 22.2. The molecule has 0 aromatic heterocycles. The lowest BCUT2D eigenvalue weighted by atomic mass is 9.42. The predicted molar refractivity (Wildman–Crippen MR) is 137 cm³/mol. The Labute approximate surface area is 208 Å². The monoisotopic (exact) mass is 473 g/mol. The molecule has 2 heterocycles. The number of aliphatic hydroxyl groups is 2. The highest BCUT2D eigenvalue weighted by Gasteiger charge is 2.68. The van der Waals surface area contributed by atoms with Crippen LogP contribution in [0.4, 0.5) is 0 Å². The van der Waals surface area contributed by atoms with Gasteiger partial charge in [-0.15, -0.1) is 0 Å². The molecule has 4 saturated carbocycles. The number of likely N-dealkylation sites (N-methyl/N-ethyl adjacent to an activating group) is 1. The molecule has 9 atom stereocenters. The summed E-state index contributed by atoms with van der Waals surface area (Å²) in [5, 5.41) is 24.3. The fraction of sp³-hybridized carbons (Fsp3) is 1.00. The molecule has 0 aromatic rings. The number of fused-ring (bicyclic) bond motifs is 5. The molecule has 194 valence electrons. The normalized spacial score (nSPS) is 53.2. The third kappa shape index (κ3) is 3.43. The van der Waals surface area contributed by atoms with Crippen molar-refractivity contribution < 1.29 is 10.2 Å². The summed E-state index contributed by atoms with van der Waals surface area (Å²) in [5.41, 5.74) is -0.442. The van der Waals surface area contributed by atoms with Gasteiger partial charge in [-0.1, -0.05) is 33.1 Å². The third-order valence-electron chi connectivity index (χ3n) is 12.6. The Balaban J connectivity index is 1.32. The lowest BCUT2D eigenvalue weighted by Crippen LogP contribution is -2.71. The molecular formula is C29H51N3O2. The molecule has 0 radical (unpaired) electrons. The molecule has 0 spiro atoms. The highest BCUT2D eigenvalue weighted by Crippen LogP contribution is 2.68. The van der Waals surface area contributed by atoms with Crippen LogP contribution >= 0.6 is 0 Å². The first-order chi connectivity index (χ1) is 16.3. The van der Waals surface area contributed by atoms with Gasteiger partial charge in [-0.25, -0.2) is 0 Å². The van der Waals surface area contributed by atoms with Gasteiger partial charge in [0.2, 0.25) is 0 Å². The molecule has 2 aliphatic heterocycles. The van der Waals surface area contributed by atoms with E-state index in [0.29, 0.717) is 29.8 Å². The Hall–Kier alpha value is -0.200. The summed E-state index contributed by atoms with van der Waals surface area (Å²) in [5.74, 6) is 1.87. The first kappa shape index (κ1) is 24.2. The van der Waals surface area contributed by atoms with Crippen LogP contribution in [0.3, 0.4) is 0 Å². The van der Waals surface area contributed by atoms with E-state index in [1.165, 1.54) is 70.9 Å². The molecule has 2 N–H and O–H groups in total. The van der Waals surface area contributed by atoms with Crippen LogP contribution in [0.25, 0.3) is 0 Å². The lowest BCUT2D eigenvalue weighted by molar-refractivity contribution is -0.240. The van der Waals surface area contributed by atoms with Gasteiger partial charge >= 0.3 is 0 Å². The Morgan fingerprint density at radius 1 is 0.735 bits per heavy atom. The highest BCUT2D eigenvalue weighted by molar-refractivity contribution is 5.19.